The van der Waals surface area contributed by atoms with Crippen LogP contribution in [-0.2, 0) is 4.74 Å². The molecule has 29 heavy (non-hydrogen) atoms. The van der Waals surface area contributed by atoms with Crippen LogP contribution >= 0.6 is 0 Å². The fraction of sp³-hybridized carbons (Fsp3) is 0.318. The number of carbonyl (C=O) groups is 1. The van der Waals surface area contributed by atoms with Gasteiger partial charge in [0.2, 0.25) is 0 Å². The molecule has 1 fully saturated rings. The van der Waals surface area contributed by atoms with Crippen LogP contribution in [0, 0.1) is 5.82 Å². The largest absolute Gasteiger partial charge is 0.458 e. The molecule has 0 saturated carbocycles. The van der Waals surface area contributed by atoms with Crippen LogP contribution in [0.5, 0.6) is 0 Å². The summed E-state index contributed by atoms with van der Waals surface area (Å²) >= 11 is 0. The highest BCUT2D eigenvalue weighted by molar-refractivity contribution is 5.95. The van der Waals surface area contributed by atoms with E-state index < -0.39 is 5.97 Å². The van der Waals surface area contributed by atoms with Crippen molar-refractivity contribution in [1.82, 2.24) is 9.97 Å². The maximum Gasteiger partial charge on any atom is 0.361 e. The Morgan fingerprint density at radius 2 is 1.52 bits per heavy atom. The number of esters is 1. The van der Waals surface area contributed by atoms with E-state index in [0.29, 0.717) is 43.2 Å². The molecule has 150 valence electrons. The number of hydrogen-bond acceptors (Lipinski definition) is 6. The number of hydrogen-bond donors (Lipinski definition) is 0. The van der Waals surface area contributed by atoms with E-state index in [-0.39, 0.29) is 17.6 Å². The molecule has 2 aromatic carbocycles. The van der Waals surface area contributed by atoms with Crippen LogP contribution in [0.15, 0.2) is 48.5 Å². The third-order valence-electron chi connectivity index (χ3n) is 4.86. The molecule has 2 heterocycles. The topological polar surface area (TPSA) is 58.6 Å². The predicted octanol–water partition coefficient (Wildman–Crippen LogP) is 3.66. The average molecular weight is 394 g/mol. The Labute approximate surface area is 168 Å². The van der Waals surface area contributed by atoms with Gasteiger partial charge in [-0.25, -0.2) is 19.2 Å². The number of halogens is 1. The van der Waals surface area contributed by atoms with E-state index in [4.69, 9.17) is 9.72 Å². The van der Waals surface area contributed by atoms with E-state index in [1.165, 1.54) is 6.07 Å². The van der Waals surface area contributed by atoms with Gasteiger partial charge in [0.1, 0.15) is 5.82 Å². The van der Waals surface area contributed by atoms with Crippen molar-refractivity contribution in [3.8, 4) is 0 Å². The number of fused-ring (bicyclic) bond motifs is 1. The minimum Gasteiger partial charge on any atom is -0.458 e. The molecule has 0 N–H and O–H groups in total. The summed E-state index contributed by atoms with van der Waals surface area (Å²) in [6.45, 7) is 6.05. The Hall–Kier alpha value is -3.22. The maximum atomic E-state index is 14.1. The van der Waals surface area contributed by atoms with E-state index in [9.17, 15) is 9.18 Å². The normalized spacial score (nSPS) is 14.5. The molecule has 0 unspecified atom stereocenters. The van der Waals surface area contributed by atoms with Crippen molar-refractivity contribution in [2.45, 2.75) is 20.0 Å². The molecule has 1 aliphatic heterocycles. The first-order valence-corrected chi connectivity index (χ1v) is 9.75. The van der Waals surface area contributed by atoms with Gasteiger partial charge in [-0.05, 0) is 38.1 Å². The van der Waals surface area contributed by atoms with E-state index in [2.05, 4.69) is 4.98 Å². The lowest BCUT2D eigenvalue weighted by atomic mass is 10.2. The summed E-state index contributed by atoms with van der Waals surface area (Å²) in [5, 5.41) is 0. The second-order valence-electron chi connectivity index (χ2n) is 7.26. The van der Waals surface area contributed by atoms with Crippen molar-refractivity contribution < 1.29 is 13.9 Å². The second kappa shape index (κ2) is 8.03. The Morgan fingerprint density at radius 1 is 0.931 bits per heavy atom. The first-order valence-electron chi connectivity index (χ1n) is 9.75. The third-order valence-corrected chi connectivity index (χ3v) is 4.86. The molecule has 0 atom stereocenters. The Bertz CT molecular complexity index is 1030. The zero-order chi connectivity index (χ0) is 20.4. The quantitative estimate of drug-likeness (QED) is 0.630. The van der Waals surface area contributed by atoms with Gasteiger partial charge < -0.3 is 14.5 Å². The van der Waals surface area contributed by atoms with Gasteiger partial charge in [0, 0.05) is 26.2 Å². The molecule has 1 saturated heterocycles. The zero-order valence-corrected chi connectivity index (χ0v) is 16.5. The van der Waals surface area contributed by atoms with E-state index in [1.807, 2.05) is 40.1 Å². The third kappa shape index (κ3) is 3.99. The molecule has 0 bridgehead atoms. The van der Waals surface area contributed by atoms with Crippen LogP contribution in [0.2, 0.25) is 0 Å². The molecule has 0 amide bonds. The van der Waals surface area contributed by atoms with Crippen molar-refractivity contribution in [2.24, 2.45) is 0 Å². The molecule has 6 nitrogen and oxygen atoms in total. The van der Waals surface area contributed by atoms with Gasteiger partial charge in [0.15, 0.2) is 11.5 Å². The minimum atomic E-state index is -0.482. The monoisotopic (exact) mass is 394 g/mol. The molecule has 1 aromatic heterocycles. The minimum absolute atomic E-state index is 0.219. The van der Waals surface area contributed by atoms with Crippen LogP contribution < -0.4 is 9.80 Å². The van der Waals surface area contributed by atoms with Gasteiger partial charge in [-0.1, -0.05) is 24.3 Å². The van der Waals surface area contributed by atoms with E-state index in [1.54, 1.807) is 26.0 Å². The molecular weight excluding hydrogens is 371 g/mol. The Balaban J connectivity index is 1.63. The van der Waals surface area contributed by atoms with Crippen molar-refractivity contribution in [3.63, 3.8) is 0 Å². The standard InChI is InChI=1S/C22H23FN4O2/c1-15(2)29-22(28)20-21(25-18-9-5-4-8-17(18)24-20)27-13-11-26(12-14-27)19-10-6-3-7-16(19)23/h3-10,15H,11-14H2,1-2H3. The zero-order valence-electron chi connectivity index (χ0n) is 16.5. The van der Waals surface area contributed by atoms with Gasteiger partial charge in [-0.15, -0.1) is 0 Å². The summed E-state index contributed by atoms with van der Waals surface area (Å²) in [5.41, 5.74) is 2.19. The maximum absolute atomic E-state index is 14.1. The van der Waals surface area contributed by atoms with Crippen molar-refractivity contribution in [3.05, 3.63) is 60.0 Å². The molecule has 0 aliphatic carbocycles. The lowest BCUT2D eigenvalue weighted by molar-refractivity contribution is 0.0371. The molecule has 0 radical (unpaired) electrons. The first kappa shape index (κ1) is 19.1. The molecule has 3 aromatic rings. The van der Waals surface area contributed by atoms with Crippen molar-refractivity contribution in [1.29, 1.82) is 0 Å². The summed E-state index contributed by atoms with van der Waals surface area (Å²) in [6.07, 6.45) is -0.249. The van der Waals surface area contributed by atoms with Crippen molar-refractivity contribution in [2.75, 3.05) is 36.0 Å². The fourth-order valence-electron chi connectivity index (χ4n) is 3.49. The van der Waals surface area contributed by atoms with Gasteiger partial charge in [0.25, 0.3) is 0 Å². The smallest absolute Gasteiger partial charge is 0.361 e. The molecular formula is C22H23FN4O2. The van der Waals surface area contributed by atoms with Gasteiger partial charge in [-0.3, -0.25) is 0 Å². The van der Waals surface area contributed by atoms with Gasteiger partial charge in [-0.2, -0.15) is 0 Å². The summed E-state index contributed by atoms with van der Waals surface area (Å²) in [7, 11) is 0. The number of piperazine rings is 1. The highest BCUT2D eigenvalue weighted by Crippen LogP contribution is 2.25. The number of rotatable bonds is 4. The highest BCUT2D eigenvalue weighted by atomic mass is 19.1. The average Bonchev–Trinajstić information content (AvgIpc) is 2.73. The Kier molecular flexibility index (Phi) is 5.29. The summed E-state index contributed by atoms with van der Waals surface area (Å²) in [6, 6.07) is 14.2. The first-order chi connectivity index (χ1) is 14.0. The van der Waals surface area contributed by atoms with Gasteiger partial charge >= 0.3 is 5.97 Å². The highest BCUT2D eigenvalue weighted by Gasteiger charge is 2.27. The summed E-state index contributed by atoms with van der Waals surface area (Å²) in [5.74, 6) is -0.194. The lowest BCUT2D eigenvalue weighted by Gasteiger charge is -2.37. The summed E-state index contributed by atoms with van der Waals surface area (Å²) < 4.78 is 19.5. The van der Waals surface area contributed by atoms with Crippen molar-refractivity contribution >= 4 is 28.5 Å². The number of ether oxygens (including phenoxy) is 1. The fourth-order valence-corrected chi connectivity index (χ4v) is 3.49. The predicted molar refractivity (Wildman–Crippen MR) is 111 cm³/mol. The van der Waals surface area contributed by atoms with Crippen LogP contribution in [0.25, 0.3) is 11.0 Å². The molecule has 0 spiro atoms. The van der Waals surface area contributed by atoms with Crippen LogP contribution in [0.3, 0.4) is 0 Å². The molecule has 1 aliphatic rings. The van der Waals surface area contributed by atoms with Crippen LogP contribution in [-0.4, -0.2) is 48.2 Å². The number of aromatic nitrogens is 2. The van der Waals surface area contributed by atoms with E-state index in [0.717, 1.165) is 5.52 Å². The number of para-hydroxylation sites is 3. The van der Waals surface area contributed by atoms with Crippen LogP contribution in [0.1, 0.15) is 24.3 Å². The number of carbonyl (C=O) groups excluding carboxylic acids is 1. The molecule has 7 heteroatoms. The summed E-state index contributed by atoms with van der Waals surface area (Å²) in [4.78, 5) is 26.0. The van der Waals surface area contributed by atoms with Gasteiger partial charge in [0.05, 0.1) is 22.8 Å². The SMILES string of the molecule is CC(C)OC(=O)c1nc2ccccc2nc1N1CCN(c2ccccc2F)CC1. The molecule has 4 rings (SSSR count). The Morgan fingerprint density at radius 3 is 2.17 bits per heavy atom. The lowest BCUT2D eigenvalue weighted by Crippen LogP contribution is -2.47. The number of nitrogens with zero attached hydrogens (tertiary/aromatic N) is 4. The number of benzene rings is 2. The van der Waals surface area contributed by atoms with Crippen LogP contribution in [0.4, 0.5) is 15.9 Å². The van der Waals surface area contributed by atoms with E-state index >= 15 is 0 Å². The number of anilines is 2. The second-order valence-corrected chi connectivity index (χ2v) is 7.26.